The minimum absolute atomic E-state index is 0.256. The first kappa shape index (κ1) is 14.3. The zero-order valence-electron chi connectivity index (χ0n) is 8.56. The van der Waals surface area contributed by atoms with E-state index in [4.69, 9.17) is 0 Å². The number of aromatic amines is 1. The SMILES string of the molecule is O=C(NCc1cn[nH]c1)C(C(F)(F)F)C(F)(F)F. The van der Waals surface area contributed by atoms with Gasteiger partial charge in [0.2, 0.25) is 11.8 Å². The lowest BCUT2D eigenvalue weighted by Crippen LogP contribution is -2.47. The molecule has 1 aromatic rings. The van der Waals surface area contributed by atoms with Crippen molar-refractivity contribution in [3.8, 4) is 0 Å². The van der Waals surface area contributed by atoms with Gasteiger partial charge in [-0.05, 0) is 0 Å². The molecule has 1 heterocycles. The van der Waals surface area contributed by atoms with Gasteiger partial charge >= 0.3 is 12.4 Å². The lowest BCUT2D eigenvalue weighted by Gasteiger charge is -2.21. The van der Waals surface area contributed by atoms with E-state index in [0.717, 1.165) is 6.20 Å². The van der Waals surface area contributed by atoms with Gasteiger partial charge in [-0.1, -0.05) is 0 Å². The highest BCUT2D eigenvalue weighted by molar-refractivity contribution is 5.80. The Hall–Kier alpha value is -1.74. The van der Waals surface area contributed by atoms with Gasteiger partial charge in [0.15, 0.2) is 0 Å². The van der Waals surface area contributed by atoms with Crippen LogP contribution in [0.5, 0.6) is 0 Å². The summed E-state index contributed by atoms with van der Waals surface area (Å²) in [4.78, 5) is 11.0. The summed E-state index contributed by atoms with van der Waals surface area (Å²) in [6, 6.07) is 0. The molecule has 0 bridgehead atoms. The predicted molar refractivity (Wildman–Crippen MR) is 46.0 cm³/mol. The Labute approximate surface area is 96.4 Å². The van der Waals surface area contributed by atoms with Gasteiger partial charge in [-0.2, -0.15) is 31.4 Å². The van der Waals surface area contributed by atoms with Gasteiger partial charge in [-0.3, -0.25) is 9.89 Å². The summed E-state index contributed by atoms with van der Waals surface area (Å²) in [5.41, 5.74) is 0.256. The Balaban J connectivity index is 2.72. The molecule has 0 saturated heterocycles. The predicted octanol–water partition coefficient (Wildman–Crippen LogP) is 1.77. The summed E-state index contributed by atoms with van der Waals surface area (Å²) >= 11 is 0. The summed E-state index contributed by atoms with van der Waals surface area (Å²) in [5, 5.41) is 7.28. The molecular formula is C8H7F6N3O. The number of H-pyrrole nitrogens is 1. The van der Waals surface area contributed by atoms with Gasteiger partial charge in [-0.25, -0.2) is 0 Å². The van der Waals surface area contributed by atoms with Crippen LogP contribution in [0, 0.1) is 5.92 Å². The maximum absolute atomic E-state index is 12.1. The zero-order valence-corrected chi connectivity index (χ0v) is 8.56. The number of amides is 1. The molecule has 0 unspecified atom stereocenters. The molecule has 0 atom stereocenters. The smallest absolute Gasteiger partial charge is 0.351 e. The Morgan fingerprint density at radius 1 is 1.28 bits per heavy atom. The van der Waals surface area contributed by atoms with Crippen LogP contribution in [0.25, 0.3) is 0 Å². The van der Waals surface area contributed by atoms with Crippen LogP contribution in [-0.2, 0) is 11.3 Å². The highest BCUT2D eigenvalue weighted by atomic mass is 19.4. The largest absolute Gasteiger partial charge is 0.409 e. The summed E-state index contributed by atoms with van der Waals surface area (Å²) in [6.07, 6.45) is -8.97. The van der Waals surface area contributed by atoms with Crippen molar-refractivity contribution >= 4 is 5.91 Å². The quantitative estimate of drug-likeness (QED) is 0.826. The van der Waals surface area contributed by atoms with Crippen molar-refractivity contribution in [1.82, 2.24) is 15.5 Å². The van der Waals surface area contributed by atoms with Crippen LogP contribution >= 0.6 is 0 Å². The van der Waals surface area contributed by atoms with Crippen molar-refractivity contribution < 1.29 is 31.1 Å². The Bertz CT molecular complexity index is 382. The first-order valence-corrected chi connectivity index (χ1v) is 4.51. The molecule has 4 nitrogen and oxygen atoms in total. The number of carbonyl (C=O) groups is 1. The van der Waals surface area contributed by atoms with E-state index in [1.54, 1.807) is 5.32 Å². The molecule has 102 valence electrons. The lowest BCUT2D eigenvalue weighted by molar-refractivity contribution is -0.274. The second-order valence-electron chi connectivity index (χ2n) is 3.34. The second kappa shape index (κ2) is 4.86. The molecule has 10 heteroatoms. The van der Waals surface area contributed by atoms with Crippen LogP contribution in [0.3, 0.4) is 0 Å². The van der Waals surface area contributed by atoms with Gasteiger partial charge in [0, 0.05) is 18.3 Å². The van der Waals surface area contributed by atoms with E-state index in [1.807, 2.05) is 0 Å². The molecule has 2 N–H and O–H groups in total. The van der Waals surface area contributed by atoms with Crippen LogP contribution in [0.15, 0.2) is 12.4 Å². The monoisotopic (exact) mass is 275 g/mol. The molecule has 1 rings (SSSR count). The maximum atomic E-state index is 12.1. The molecule has 0 aliphatic heterocycles. The van der Waals surface area contributed by atoms with Crippen molar-refractivity contribution in [3.63, 3.8) is 0 Å². The van der Waals surface area contributed by atoms with Crippen LogP contribution in [0.2, 0.25) is 0 Å². The van der Waals surface area contributed by atoms with Gasteiger partial charge in [0.25, 0.3) is 0 Å². The molecule has 0 fully saturated rings. The van der Waals surface area contributed by atoms with Crippen LogP contribution in [0.1, 0.15) is 5.56 Å². The molecule has 18 heavy (non-hydrogen) atoms. The van der Waals surface area contributed by atoms with Gasteiger partial charge in [0.05, 0.1) is 6.20 Å². The Morgan fingerprint density at radius 3 is 2.22 bits per heavy atom. The average Bonchev–Trinajstić information content (AvgIpc) is 2.61. The molecule has 1 aromatic heterocycles. The van der Waals surface area contributed by atoms with E-state index in [2.05, 4.69) is 10.2 Å². The standard InChI is InChI=1S/C8H7F6N3O/c9-7(10,11)5(8(12,13)14)6(18)15-1-4-2-16-17-3-4/h2-3,5H,1H2,(H,15,18)(H,16,17). The number of carbonyl (C=O) groups excluding carboxylic acids is 1. The van der Waals surface area contributed by atoms with E-state index in [0.29, 0.717) is 0 Å². The molecule has 0 aromatic carbocycles. The normalized spacial score (nSPS) is 12.8. The topological polar surface area (TPSA) is 57.8 Å². The average molecular weight is 275 g/mol. The summed E-state index contributed by atoms with van der Waals surface area (Å²) < 4.78 is 72.8. The summed E-state index contributed by atoms with van der Waals surface area (Å²) in [7, 11) is 0. The molecule has 0 radical (unpaired) electrons. The summed E-state index contributed by atoms with van der Waals surface area (Å²) in [6.45, 7) is -0.474. The van der Waals surface area contributed by atoms with Crippen molar-refractivity contribution in [2.24, 2.45) is 5.92 Å². The molecule has 0 aliphatic rings. The van der Waals surface area contributed by atoms with Crippen LogP contribution in [-0.4, -0.2) is 28.5 Å². The third kappa shape index (κ3) is 3.64. The fourth-order valence-corrected chi connectivity index (χ4v) is 1.15. The fraction of sp³-hybridized carbons (Fsp3) is 0.500. The number of aromatic nitrogens is 2. The Morgan fingerprint density at radius 2 is 1.83 bits per heavy atom. The molecule has 0 saturated carbocycles. The van der Waals surface area contributed by atoms with E-state index in [9.17, 15) is 31.1 Å². The minimum atomic E-state index is -5.68. The number of rotatable bonds is 3. The second-order valence-corrected chi connectivity index (χ2v) is 3.34. The van der Waals surface area contributed by atoms with Crippen molar-refractivity contribution in [1.29, 1.82) is 0 Å². The lowest BCUT2D eigenvalue weighted by atomic mass is 10.1. The molecule has 0 spiro atoms. The van der Waals surface area contributed by atoms with Crippen LogP contribution in [0.4, 0.5) is 26.3 Å². The van der Waals surface area contributed by atoms with Gasteiger partial charge < -0.3 is 5.32 Å². The number of alkyl halides is 6. The van der Waals surface area contributed by atoms with Crippen molar-refractivity contribution in [2.75, 3.05) is 0 Å². The number of nitrogens with one attached hydrogen (secondary N) is 2. The van der Waals surface area contributed by atoms with E-state index in [-0.39, 0.29) is 5.56 Å². The highest BCUT2D eigenvalue weighted by Gasteiger charge is 2.60. The molecule has 0 aliphatic carbocycles. The number of hydrogen-bond donors (Lipinski definition) is 2. The van der Waals surface area contributed by atoms with Crippen molar-refractivity contribution in [3.05, 3.63) is 18.0 Å². The third-order valence-corrected chi connectivity index (χ3v) is 1.94. The minimum Gasteiger partial charge on any atom is -0.351 e. The number of halogens is 6. The van der Waals surface area contributed by atoms with Crippen molar-refractivity contribution in [2.45, 2.75) is 18.9 Å². The van der Waals surface area contributed by atoms with Crippen LogP contribution < -0.4 is 5.32 Å². The van der Waals surface area contributed by atoms with E-state index in [1.165, 1.54) is 6.20 Å². The maximum Gasteiger partial charge on any atom is 0.409 e. The first-order chi connectivity index (χ1) is 8.12. The first-order valence-electron chi connectivity index (χ1n) is 4.51. The molecular weight excluding hydrogens is 268 g/mol. The zero-order chi connectivity index (χ0) is 14.0. The highest BCUT2D eigenvalue weighted by Crippen LogP contribution is 2.39. The number of hydrogen-bond acceptors (Lipinski definition) is 2. The number of nitrogens with zero attached hydrogens (tertiary/aromatic N) is 1. The van der Waals surface area contributed by atoms with E-state index >= 15 is 0 Å². The fourth-order valence-electron chi connectivity index (χ4n) is 1.15. The molecule has 1 amide bonds. The Kier molecular flexibility index (Phi) is 3.87. The van der Waals surface area contributed by atoms with Gasteiger partial charge in [0.1, 0.15) is 0 Å². The van der Waals surface area contributed by atoms with Gasteiger partial charge in [-0.15, -0.1) is 0 Å². The third-order valence-electron chi connectivity index (χ3n) is 1.94. The van der Waals surface area contributed by atoms with E-state index < -0.39 is 30.7 Å². The summed E-state index contributed by atoms with van der Waals surface area (Å²) in [5.74, 6) is -6.17.